The van der Waals surface area contributed by atoms with E-state index in [2.05, 4.69) is 10.6 Å². The molecule has 0 aromatic carbocycles. The molecule has 0 heterocycles. The summed E-state index contributed by atoms with van der Waals surface area (Å²) in [6, 6.07) is 1.84. The number of nitrogens with zero attached hydrogens (tertiary/aromatic N) is 1. The van der Waals surface area contributed by atoms with Gasteiger partial charge in [-0.3, -0.25) is 9.59 Å². The predicted molar refractivity (Wildman–Crippen MR) is 55.8 cm³/mol. The summed E-state index contributed by atoms with van der Waals surface area (Å²) in [7, 11) is 0. The van der Waals surface area contributed by atoms with Crippen molar-refractivity contribution in [3.8, 4) is 6.07 Å². The number of amides is 2. The largest absolute Gasteiger partial charge is 0.356 e. The van der Waals surface area contributed by atoms with E-state index in [-0.39, 0.29) is 18.4 Å². The maximum Gasteiger partial charge on any atom is 0.220 e. The zero-order valence-corrected chi connectivity index (χ0v) is 9.01. The van der Waals surface area contributed by atoms with Crippen LogP contribution in [0.15, 0.2) is 0 Å². The Kier molecular flexibility index (Phi) is 8.06. The van der Waals surface area contributed by atoms with Gasteiger partial charge in [0, 0.05) is 19.9 Å². The molecule has 0 aromatic heterocycles. The van der Waals surface area contributed by atoms with Crippen molar-refractivity contribution >= 4 is 11.8 Å². The Bertz CT molecular complexity index is 246. The van der Waals surface area contributed by atoms with Gasteiger partial charge < -0.3 is 10.6 Å². The number of unbranched alkanes of at least 4 members (excludes halogenated alkanes) is 2. The van der Waals surface area contributed by atoms with Gasteiger partial charge in [-0.1, -0.05) is 6.42 Å². The van der Waals surface area contributed by atoms with Gasteiger partial charge in [0.15, 0.2) is 0 Å². The summed E-state index contributed by atoms with van der Waals surface area (Å²) in [5, 5.41) is 13.4. The maximum absolute atomic E-state index is 11.0. The summed E-state index contributed by atoms with van der Waals surface area (Å²) in [4.78, 5) is 21.5. The predicted octanol–water partition coefficient (Wildman–Crippen LogP) is 0.323. The van der Waals surface area contributed by atoms with E-state index in [4.69, 9.17) is 5.26 Å². The molecule has 0 saturated carbocycles. The van der Waals surface area contributed by atoms with Gasteiger partial charge in [0.25, 0.3) is 0 Å². The number of rotatable bonds is 7. The standard InChI is InChI=1S/C10H17N3O2/c1-9(14)12-7-4-2-3-5-10(15)13-8-6-11/h2-5,7-8H2,1H3,(H,12,14)(H,13,15). The van der Waals surface area contributed by atoms with Crippen LogP contribution in [-0.2, 0) is 9.59 Å². The molecule has 0 spiro atoms. The van der Waals surface area contributed by atoms with E-state index in [0.29, 0.717) is 13.0 Å². The van der Waals surface area contributed by atoms with Gasteiger partial charge in [0.1, 0.15) is 6.54 Å². The summed E-state index contributed by atoms with van der Waals surface area (Å²) >= 11 is 0. The molecule has 2 N–H and O–H groups in total. The normalized spacial score (nSPS) is 9.07. The van der Waals surface area contributed by atoms with Crippen LogP contribution in [0.5, 0.6) is 0 Å². The molecule has 0 bridgehead atoms. The van der Waals surface area contributed by atoms with Crippen molar-refractivity contribution in [1.82, 2.24) is 10.6 Å². The summed E-state index contributed by atoms with van der Waals surface area (Å²) in [5.41, 5.74) is 0. The third-order valence-electron chi connectivity index (χ3n) is 1.82. The van der Waals surface area contributed by atoms with E-state index < -0.39 is 0 Å². The average molecular weight is 211 g/mol. The Balaban J connectivity index is 3.20. The number of carbonyl (C=O) groups excluding carboxylic acids is 2. The smallest absolute Gasteiger partial charge is 0.220 e. The fourth-order valence-corrected chi connectivity index (χ4v) is 1.08. The van der Waals surface area contributed by atoms with Gasteiger partial charge in [-0.25, -0.2) is 0 Å². The highest BCUT2D eigenvalue weighted by Crippen LogP contribution is 1.98. The molecule has 5 nitrogen and oxygen atoms in total. The summed E-state index contributed by atoms with van der Waals surface area (Å²) in [6.07, 6.45) is 3.02. The SMILES string of the molecule is CC(=O)NCCCCCC(=O)NCC#N. The van der Waals surface area contributed by atoms with Crippen LogP contribution in [0.4, 0.5) is 0 Å². The van der Waals surface area contributed by atoms with Crippen molar-refractivity contribution in [1.29, 1.82) is 5.26 Å². The third kappa shape index (κ3) is 10.4. The van der Waals surface area contributed by atoms with E-state index in [1.165, 1.54) is 6.92 Å². The van der Waals surface area contributed by atoms with Crippen molar-refractivity contribution in [2.75, 3.05) is 13.1 Å². The molecule has 0 fully saturated rings. The lowest BCUT2D eigenvalue weighted by Gasteiger charge is -2.02. The van der Waals surface area contributed by atoms with Gasteiger partial charge >= 0.3 is 0 Å². The number of nitrogens with one attached hydrogen (secondary N) is 2. The molecule has 0 aromatic rings. The maximum atomic E-state index is 11.0. The first-order valence-corrected chi connectivity index (χ1v) is 5.05. The van der Waals surface area contributed by atoms with Gasteiger partial charge in [-0.05, 0) is 12.8 Å². The van der Waals surface area contributed by atoms with E-state index in [1.54, 1.807) is 0 Å². The Morgan fingerprint density at radius 1 is 1.20 bits per heavy atom. The van der Waals surface area contributed by atoms with Gasteiger partial charge in [0.2, 0.25) is 11.8 Å². The first-order chi connectivity index (χ1) is 7.16. The molecule has 5 heteroatoms. The van der Waals surface area contributed by atoms with Gasteiger partial charge in [-0.2, -0.15) is 5.26 Å². The highest BCUT2D eigenvalue weighted by atomic mass is 16.2. The molecular formula is C10H17N3O2. The second-order valence-electron chi connectivity index (χ2n) is 3.23. The van der Waals surface area contributed by atoms with Crippen LogP contribution in [0.25, 0.3) is 0 Å². The second-order valence-corrected chi connectivity index (χ2v) is 3.23. The molecule has 84 valence electrons. The van der Waals surface area contributed by atoms with Crippen molar-refractivity contribution in [2.24, 2.45) is 0 Å². The fraction of sp³-hybridized carbons (Fsp3) is 0.700. The lowest BCUT2D eigenvalue weighted by Crippen LogP contribution is -2.23. The molecule has 0 radical (unpaired) electrons. The number of hydrogen-bond donors (Lipinski definition) is 2. The summed E-state index contributed by atoms with van der Waals surface area (Å²) < 4.78 is 0. The highest BCUT2D eigenvalue weighted by molar-refractivity contribution is 5.76. The zero-order chi connectivity index (χ0) is 11.5. The lowest BCUT2D eigenvalue weighted by atomic mass is 10.2. The molecule has 2 amide bonds. The van der Waals surface area contributed by atoms with Crippen molar-refractivity contribution < 1.29 is 9.59 Å². The average Bonchev–Trinajstić information content (AvgIpc) is 2.19. The Labute approximate surface area is 89.8 Å². The molecular weight excluding hydrogens is 194 g/mol. The molecule has 15 heavy (non-hydrogen) atoms. The van der Waals surface area contributed by atoms with Crippen LogP contribution >= 0.6 is 0 Å². The van der Waals surface area contributed by atoms with Gasteiger partial charge in [0.05, 0.1) is 6.07 Å². The Morgan fingerprint density at radius 2 is 1.93 bits per heavy atom. The van der Waals surface area contributed by atoms with Crippen molar-refractivity contribution in [3.63, 3.8) is 0 Å². The van der Waals surface area contributed by atoms with Crippen molar-refractivity contribution in [2.45, 2.75) is 32.6 Å². The fourth-order valence-electron chi connectivity index (χ4n) is 1.08. The Morgan fingerprint density at radius 3 is 2.53 bits per heavy atom. The Hall–Kier alpha value is -1.57. The highest BCUT2D eigenvalue weighted by Gasteiger charge is 1.99. The van der Waals surface area contributed by atoms with Crippen LogP contribution in [-0.4, -0.2) is 24.9 Å². The minimum Gasteiger partial charge on any atom is -0.356 e. The number of nitriles is 1. The molecule has 0 aliphatic rings. The number of carbonyl (C=O) groups is 2. The van der Waals surface area contributed by atoms with E-state index in [0.717, 1.165) is 19.3 Å². The minimum absolute atomic E-state index is 0.0261. The van der Waals surface area contributed by atoms with Crippen LogP contribution in [0, 0.1) is 11.3 Å². The van der Waals surface area contributed by atoms with Crippen LogP contribution in [0.1, 0.15) is 32.6 Å². The van der Waals surface area contributed by atoms with E-state index in [9.17, 15) is 9.59 Å². The monoisotopic (exact) mass is 211 g/mol. The molecule has 0 aliphatic carbocycles. The van der Waals surface area contributed by atoms with Crippen LogP contribution in [0.3, 0.4) is 0 Å². The lowest BCUT2D eigenvalue weighted by molar-refractivity contribution is -0.121. The zero-order valence-electron chi connectivity index (χ0n) is 9.01. The number of hydrogen-bond acceptors (Lipinski definition) is 3. The quantitative estimate of drug-likeness (QED) is 0.470. The summed E-state index contributed by atoms with van der Waals surface area (Å²) in [5.74, 6) is -0.113. The van der Waals surface area contributed by atoms with Crippen molar-refractivity contribution in [3.05, 3.63) is 0 Å². The van der Waals surface area contributed by atoms with E-state index in [1.807, 2.05) is 6.07 Å². The van der Waals surface area contributed by atoms with E-state index >= 15 is 0 Å². The van der Waals surface area contributed by atoms with Crippen LogP contribution in [0.2, 0.25) is 0 Å². The first kappa shape index (κ1) is 13.4. The minimum atomic E-state index is -0.0870. The molecule has 0 rings (SSSR count). The second kappa shape index (κ2) is 9.00. The molecule has 0 atom stereocenters. The molecule has 0 aliphatic heterocycles. The molecule has 0 unspecified atom stereocenters. The summed E-state index contributed by atoms with van der Waals surface area (Å²) in [6.45, 7) is 2.22. The first-order valence-electron chi connectivity index (χ1n) is 5.05. The topological polar surface area (TPSA) is 82.0 Å². The van der Waals surface area contributed by atoms with Gasteiger partial charge in [-0.15, -0.1) is 0 Å². The third-order valence-corrected chi connectivity index (χ3v) is 1.82. The van der Waals surface area contributed by atoms with Crippen LogP contribution < -0.4 is 10.6 Å². The molecule has 0 saturated heterocycles.